The van der Waals surface area contributed by atoms with Gasteiger partial charge in [-0.05, 0) is 60.2 Å². The quantitative estimate of drug-likeness (QED) is 0.919. The third kappa shape index (κ3) is 2.55. The van der Waals surface area contributed by atoms with Crippen molar-refractivity contribution >= 4 is 15.9 Å². The van der Waals surface area contributed by atoms with Crippen molar-refractivity contribution in [3.05, 3.63) is 51.3 Å². The van der Waals surface area contributed by atoms with Crippen molar-refractivity contribution < 1.29 is 0 Å². The molecular weight excluding hydrogens is 326 g/mol. The minimum Gasteiger partial charge on any atom is -0.321 e. The predicted octanol–water partition coefficient (Wildman–Crippen LogP) is 3.71. The number of aryl methyl sites for hydroxylation is 3. The van der Waals surface area contributed by atoms with Crippen molar-refractivity contribution in [3.8, 4) is 0 Å². The monoisotopic (exact) mass is 347 g/mol. The Morgan fingerprint density at radius 1 is 1.38 bits per heavy atom. The third-order valence-electron chi connectivity index (χ3n) is 4.56. The van der Waals surface area contributed by atoms with Crippen molar-refractivity contribution in [1.82, 2.24) is 9.78 Å². The van der Waals surface area contributed by atoms with Gasteiger partial charge >= 0.3 is 0 Å². The Morgan fingerprint density at radius 2 is 2.14 bits per heavy atom. The fraction of sp³-hybridized carbons (Fsp3) is 0.471. The summed E-state index contributed by atoms with van der Waals surface area (Å²) in [5.41, 5.74) is 11.5. The molecule has 0 saturated heterocycles. The van der Waals surface area contributed by atoms with E-state index in [2.05, 4.69) is 56.9 Å². The molecule has 1 aliphatic rings. The van der Waals surface area contributed by atoms with E-state index in [1.807, 2.05) is 6.92 Å². The normalized spacial score (nSPS) is 21.3. The number of rotatable bonds is 3. The van der Waals surface area contributed by atoms with Crippen LogP contribution in [0.2, 0.25) is 0 Å². The van der Waals surface area contributed by atoms with Gasteiger partial charge in [0.1, 0.15) is 0 Å². The summed E-state index contributed by atoms with van der Waals surface area (Å²) in [4.78, 5) is 0. The summed E-state index contributed by atoms with van der Waals surface area (Å²) in [5.74, 6) is 0. The third-order valence-corrected chi connectivity index (χ3v) is 5.59. The first kappa shape index (κ1) is 14.8. The Labute approximate surface area is 134 Å². The molecule has 0 spiro atoms. The second kappa shape index (κ2) is 5.58. The van der Waals surface area contributed by atoms with Crippen LogP contribution in [-0.4, -0.2) is 9.78 Å². The van der Waals surface area contributed by atoms with Gasteiger partial charge in [-0.15, -0.1) is 0 Å². The highest BCUT2D eigenvalue weighted by molar-refractivity contribution is 9.10. The van der Waals surface area contributed by atoms with Gasteiger partial charge in [0, 0.05) is 18.5 Å². The van der Waals surface area contributed by atoms with Gasteiger partial charge in [-0.1, -0.05) is 24.3 Å². The van der Waals surface area contributed by atoms with Crippen LogP contribution in [0.5, 0.6) is 0 Å². The van der Waals surface area contributed by atoms with E-state index in [1.54, 1.807) is 0 Å². The van der Waals surface area contributed by atoms with Crippen molar-refractivity contribution in [3.63, 3.8) is 0 Å². The van der Waals surface area contributed by atoms with Crippen LogP contribution in [-0.2, 0) is 24.9 Å². The highest BCUT2D eigenvalue weighted by Gasteiger charge is 2.34. The maximum absolute atomic E-state index is 6.84. The SMILES string of the molecule is CCn1nc(C)c(Br)c1CC1(N)CCCc2ccccc21. The number of nitrogens with two attached hydrogens (primary N) is 1. The summed E-state index contributed by atoms with van der Waals surface area (Å²) < 4.78 is 3.18. The molecule has 1 heterocycles. The van der Waals surface area contributed by atoms with Crippen molar-refractivity contribution in [2.75, 3.05) is 0 Å². The van der Waals surface area contributed by atoms with E-state index >= 15 is 0 Å². The van der Waals surface area contributed by atoms with Crippen LogP contribution in [0.3, 0.4) is 0 Å². The summed E-state index contributed by atoms with van der Waals surface area (Å²) in [6.07, 6.45) is 4.16. The van der Waals surface area contributed by atoms with Gasteiger partial charge in [-0.3, -0.25) is 4.68 Å². The molecule has 1 aromatic heterocycles. The molecule has 0 saturated carbocycles. The lowest BCUT2D eigenvalue weighted by Gasteiger charge is -2.36. The molecule has 1 aromatic carbocycles. The molecule has 3 nitrogen and oxygen atoms in total. The predicted molar refractivity (Wildman–Crippen MR) is 89.3 cm³/mol. The maximum Gasteiger partial charge on any atom is 0.0738 e. The molecule has 4 heteroatoms. The Balaban J connectivity index is 2.02. The Bertz CT molecular complexity index is 662. The minimum atomic E-state index is -0.281. The van der Waals surface area contributed by atoms with Crippen molar-refractivity contribution in [2.45, 2.75) is 51.6 Å². The largest absolute Gasteiger partial charge is 0.321 e. The first-order valence-corrected chi connectivity index (χ1v) is 8.43. The molecule has 0 bridgehead atoms. The summed E-state index contributed by atoms with van der Waals surface area (Å²) in [6.45, 7) is 5.04. The van der Waals surface area contributed by atoms with Crippen LogP contribution < -0.4 is 5.73 Å². The lowest BCUT2D eigenvalue weighted by Crippen LogP contribution is -2.42. The molecule has 1 aliphatic carbocycles. The molecule has 2 N–H and O–H groups in total. The van der Waals surface area contributed by atoms with Crippen molar-refractivity contribution in [2.24, 2.45) is 5.73 Å². The minimum absolute atomic E-state index is 0.281. The molecular formula is C17H22BrN3. The second-order valence-corrected chi connectivity index (χ2v) is 6.80. The van der Waals surface area contributed by atoms with Gasteiger partial charge in [0.25, 0.3) is 0 Å². The lowest BCUT2D eigenvalue weighted by atomic mass is 9.74. The molecule has 3 rings (SSSR count). The van der Waals surface area contributed by atoms with E-state index in [4.69, 9.17) is 5.73 Å². The van der Waals surface area contributed by atoms with Gasteiger partial charge in [0.05, 0.1) is 15.9 Å². The number of halogens is 1. The first-order valence-electron chi connectivity index (χ1n) is 7.64. The zero-order valence-electron chi connectivity index (χ0n) is 12.7. The standard InChI is InChI=1S/C17H22BrN3/c1-3-21-15(16(18)12(2)20-21)11-17(19)10-6-8-13-7-4-5-9-14(13)17/h4-5,7,9H,3,6,8,10-11,19H2,1-2H3. The Kier molecular flexibility index (Phi) is 3.93. The number of fused-ring (bicyclic) bond motifs is 1. The molecule has 2 aromatic rings. The molecule has 0 radical (unpaired) electrons. The van der Waals surface area contributed by atoms with Gasteiger partial charge in [0.15, 0.2) is 0 Å². The van der Waals surface area contributed by atoms with Crippen molar-refractivity contribution in [1.29, 1.82) is 0 Å². The lowest BCUT2D eigenvalue weighted by molar-refractivity contribution is 0.358. The molecule has 1 unspecified atom stereocenters. The molecule has 112 valence electrons. The van der Waals surface area contributed by atoms with Crippen LogP contribution in [0, 0.1) is 6.92 Å². The van der Waals surface area contributed by atoms with E-state index in [0.29, 0.717) is 0 Å². The topological polar surface area (TPSA) is 43.8 Å². The molecule has 0 fully saturated rings. The molecule has 21 heavy (non-hydrogen) atoms. The van der Waals surface area contributed by atoms with Gasteiger partial charge in [-0.25, -0.2) is 0 Å². The van der Waals surface area contributed by atoms with Crippen LogP contribution >= 0.6 is 15.9 Å². The summed E-state index contributed by atoms with van der Waals surface area (Å²) in [5, 5.41) is 4.60. The Morgan fingerprint density at radius 3 is 2.90 bits per heavy atom. The van der Waals surface area contributed by atoms with Crippen LogP contribution in [0.25, 0.3) is 0 Å². The van der Waals surface area contributed by atoms with Crippen LogP contribution in [0.15, 0.2) is 28.7 Å². The molecule has 1 atom stereocenters. The first-order chi connectivity index (χ1) is 10.0. The zero-order valence-corrected chi connectivity index (χ0v) is 14.3. The van der Waals surface area contributed by atoms with E-state index in [1.165, 1.54) is 16.8 Å². The summed E-state index contributed by atoms with van der Waals surface area (Å²) in [7, 11) is 0. The second-order valence-electron chi connectivity index (χ2n) is 6.01. The van der Waals surface area contributed by atoms with E-state index in [0.717, 1.165) is 42.4 Å². The van der Waals surface area contributed by atoms with Gasteiger partial charge < -0.3 is 5.73 Å². The fourth-order valence-corrected chi connectivity index (χ4v) is 3.90. The molecule has 0 aliphatic heterocycles. The van der Waals surface area contributed by atoms with Gasteiger partial charge in [0.2, 0.25) is 0 Å². The number of benzene rings is 1. The average Bonchev–Trinajstić information content (AvgIpc) is 2.75. The average molecular weight is 348 g/mol. The smallest absolute Gasteiger partial charge is 0.0738 e. The fourth-order valence-electron chi connectivity index (χ4n) is 3.47. The van der Waals surface area contributed by atoms with Crippen LogP contribution in [0.1, 0.15) is 42.3 Å². The summed E-state index contributed by atoms with van der Waals surface area (Å²) in [6, 6.07) is 8.62. The highest BCUT2D eigenvalue weighted by atomic mass is 79.9. The zero-order chi connectivity index (χ0) is 15.0. The maximum atomic E-state index is 6.84. The molecule has 0 amide bonds. The number of hydrogen-bond donors (Lipinski definition) is 1. The van der Waals surface area contributed by atoms with E-state index in [-0.39, 0.29) is 5.54 Å². The van der Waals surface area contributed by atoms with E-state index in [9.17, 15) is 0 Å². The van der Waals surface area contributed by atoms with E-state index < -0.39 is 0 Å². The van der Waals surface area contributed by atoms with Crippen LogP contribution in [0.4, 0.5) is 0 Å². The van der Waals surface area contributed by atoms with Gasteiger partial charge in [-0.2, -0.15) is 5.10 Å². The Hall–Kier alpha value is -1.13. The number of aromatic nitrogens is 2. The highest BCUT2D eigenvalue weighted by Crippen LogP contribution is 2.37. The summed E-state index contributed by atoms with van der Waals surface area (Å²) >= 11 is 3.69. The number of hydrogen-bond acceptors (Lipinski definition) is 2. The number of nitrogens with zero attached hydrogens (tertiary/aromatic N) is 2.